The summed E-state index contributed by atoms with van der Waals surface area (Å²) in [6.45, 7) is 6.36. The molecule has 0 radical (unpaired) electrons. The summed E-state index contributed by atoms with van der Waals surface area (Å²) >= 11 is 0. The Labute approximate surface area is 191 Å². The molecule has 0 bridgehead atoms. The van der Waals surface area contributed by atoms with Gasteiger partial charge in [-0.05, 0) is 32.4 Å². The first-order valence-corrected chi connectivity index (χ1v) is 10.3. The Hall–Kier alpha value is -3.16. The van der Waals surface area contributed by atoms with Gasteiger partial charge in [-0.1, -0.05) is 5.92 Å². The molecule has 0 amide bonds. The highest BCUT2D eigenvalue weighted by molar-refractivity contribution is 6.06. The summed E-state index contributed by atoms with van der Waals surface area (Å²) in [7, 11) is 0. The number of carbonyl (C=O) groups is 4. The lowest BCUT2D eigenvalue weighted by atomic mass is 9.81. The van der Waals surface area contributed by atoms with Crippen molar-refractivity contribution in [2.45, 2.75) is 65.1 Å². The number of terminal acetylenes is 1. The highest BCUT2D eigenvalue weighted by Gasteiger charge is 2.58. The Balaban J connectivity index is 2.38. The van der Waals surface area contributed by atoms with Crippen molar-refractivity contribution in [3.63, 3.8) is 0 Å². The van der Waals surface area contributed by atoms with E-state index in [0.717, 1.165) is 6.92 Å². The Morgan fingerprint density at radius 2 is 1.85 bits per heavy atom. The number of Topliss-reactive ketones (excluding diaryl/α,β-unsaturated/α-hetero) is 1. The third-order valence-corrected chi connectivity index (χ3v) is 5.38. The van der Waals surface area contributed by atoms with Gasteiger partial charge in [0.1, 0.15) is 6.10 Å². The van der Waals surface area contributed by atoms with Crippen LogP contribution in [0, 0.1) is 17.8 Å². The maximum atomic E-state index is 12.9. The minimum atomic E-state index is -2.00. The van der Waals surface area contributed by atoms with E-state index < -0.39 is 53.2 Å². The molecule has 0 saturated carbocycles. The molecular formula is C23H28O10. The molecule has 33 heavy (non-hydrogen) atoms. The summed E-state index contributed by atoms with van der Waals surface area (Å²) in [4.78, 5) is 48.8. The Bertz CT molecular complexity index is 914. The minimum Gasteiger partial charge on any atom is -0.472 e. The van der Waals surface area contributed by atoms with Crippen LogP contribution in [0.1, 0.15) is 40.2 Å². The van der Waals surface area contributed by atoms with E-state index in [2.05, 4.69) is 5.92 Å². The van der Waals surface area contributed by atoms with Crippen molar-refractivity contribution in [1.29, 1.82) is 0 Å². The van der Waals surface area contributed by atoms with Crippen LogP contribution in [0.15, 0.2) is 23.0 Å². The topological polar surface area (TPSA) is 128 Å². The average Bonchev–Trinajstić information content (AvgIpc) is 3.32. The molecule has 10 nitrogen and oxygen atoms in total. The van der Waals surface area contributed by atoms with Gasteiger partial charge in [0.25, 0.3) is 0 Å². The summed E-state index contributed by atoms with van der Waals surface area (Å²) < 4.78 is 32.3. The standard InChI is InChI=1S/C23H28O10/c1-7-22(6)18(33-20(32-16(5)26)19(22)31-15(4)25)13-30-23(14(3)24,21(27)29-8-2)11-17-9-10-28-12-17/h1,9-10,12,18-20H,8,11,13H2,2-6H3/t18-,19+,20?,22+,23?/m1/s1. The largest absolute Gasteiger partial charge is 0.472 e. The van der Waals surface area contributed by atoms with Crippen molar-refractivity contribution < 1.29 is 47.3 Å². The average molecular weight is 464 g/mol. The number of carbonyl (C=O) groups excluding carboxylic acids is 4. The van der Waals surface area contributed by atoms with E-state index in [1.54, 1.807) is 19.9 Å². The van der Waals surface area contributed by atoms with Crippen LogP contribution < -0.4 is 0 Å². The molecular weight excluding hydrogens is 436 g/mol. The molecule has 1 saturated heterocycles. The predicted molar refractivity (Wildman–Crippen MR) is 111 cm³/mol. The molecule has 1 fully saturated rings. The van der Waals surface area contributed by atoms with Gasteiger partial charge in [-0.3, -0.25) is 14.4 Å². The number of hydrogen-bond acceptors (Lipinski definition) is 10. The zero-order chi connectivity index (χ0) is 24.8. The van der Waals surface area contributed by atoms with Gasteiger partial charge >= 0.3 is 17.9 Å². The molecule has 0 aliphatic carbocycles. The summed E-state index contributed by atoms with van der Waals surface area (Å²) in [5.41, 5.74) is -2.78. The number of rotatable bonds is 10. The Morgan fingerprint density at radius 1 is 1.18 bits per heavy atom. The molecule has 2 unspecified atom stereocenters. The van der Waals surface area contributed by atoms with Crippen molar-refractivity contribution in [3.05, 3.63) is 24.2 Å². The van der Waals surface area contributed by atoms with Crippen LogP contribution in [0.3, 0.4) is 0 Å². The van der Waals surface area contributed by atoms with E-state index in [0.29, 0.717) is 5.56 Å². The first kappa shape index (κ1) is 26.1. The smallest absolute Gasteiger partial charge is 0.346 e. The molecule has 1 aliphatic rings. The van der Waals surface area contributed by atoms with E-state index >= 15 is 0 Å². The van der Waals surface area contributed by atoms with Gasteiger partial charge in [-0.15, -0.1) is 6.42 Å². The lowest BCUT2D eigenvalue weighted by molar-refractivity contribution is -0.201. The molecule has 1 aliphatic heterocycles. The highest BCUT2D eigenvalue weighted by atomic mass is 16.7. The van der Waals surface area contributed by atoms with Crippen LogP contribution in [0.4, 0.5) is 0 Å². The maximum Gasteiger partial charge on any atom is 0.346 e. The summed E-state index contributed by atoms with van der Waals surface area (Å²) in [6, 6.07) is 1.59. The number of hydrogen-bond donors (Lipinski definition) is 0. The molecule has 2 heterocycles. The fourth-order valence-electron chi connectivity index (χ4n) is 3.54. The number of furan rings is 1. The zero-order valence-corrected chi connectivity index (χ0v) is 19.2. The first-order chi connectivity index (χ1) is 15.5. The molecule has 1 aromatic rings. The number of ether oxygens (including phenoxy) is 5. The second-order valence-electron chi connectivity index (χ2n) is 7.78. The molecule has 1 aromatic heterocycles. The van der Waals surface area contributed by atoms with Gasteiger partial charge in [-0.25, -0.2) is 4.79 Å². The Morgan fingerprint density at radius 3 is 2.33 bits per heavy atom. The van der Waals surface area contributed by atoms with E-state index in [4.69, 9.17) is 34.5 Å². The molecule has 5 atom stereocenters. The third-order valence-electron chi connectivity index (χ3n) is 5.38. The van der Waals surface area contributed by atoms with Crippen molar-refractivity contribution in [2.75, 3.05) is 13.2 Å². The van der Waals surface area contributed by atoms with Crippen LogP contribution in [0.5, 0.6) is 0 Å². The predicted octanol–water partition coefficient (Wildman–Crippen LogP) is 1.59. The monoisotopic (exact) mass is 464 g/mol. The normalized spacial score (nSPS) is 26.0. The van der Waals surface area contributed by atoms with Crippen LogP contribution in [-0.4, -0.2) is 61.0 Å². The third kappa shape index (κ3) is 5.61. The van der Waals surface area contributed by atoms with Crippen LogP contribution in [0.2, 0.25) is 0 Å². The lowest BCUT2D eigenvalue weighted by Gasteiger charge is -2.33. The van der Waals surface area contributed by atoms with Gasteiger partial charge in [-0.2, -0.15) is 0 Å². The number of ketones is 1. The van der Waals surface area contributed by atoms with Gasteiger partial charge in [0.2, 0.25) is 11.9 Å². The highest BCUT2D eigenvalue weighted by Crippen LogP contribution is 2.42. The molecule has 0 N–H and O–H groups in total. The summed E-state index contributed by atoms with van der Waals surface area (Å²) in [5.74, 6) is -0.296. The molecule has 180 valence electrons. The number of esters is 3. The summed E-state index contributed by atoms with van der Waals surface area (Å²) in [5, 5.41) is 0. The minimum absolute atomic E-state index is 0.0215. The SMILES string of the molecule is C#C[C@@]1(C)[C@@H](COC(Cc2ccoc2)(C(C)=O)C(=O)OCC)OC(OC(C)=O)[C@@H]1OC(C)=O. The van der Waals surface area contributed by atoms with Gasteiger partial charge in [0, 0.05) is 20.3 Å². The van der Waals surface area contributed by atoms with Crippen molar-refractivity contribution in [3.8, 4) is 12.3 Å². The molecule has 10 heteroatoms. The van der Waals surface area contributed by atoms with Crippen molar-refractivity contribution in [2.24, 2.45) is 5.41 Å². The van der Waals surface area contributed by atoms with Crippen LogP contribution in [-0.2, 0) is 49.3 Å². The molecule has 2 rings (SSSR count). The fraction of sp³-hybridized carbons (Fsp3) is 0.565. The van der Waals surface area contributed by atoms with E-state index in [1.807, 2.05) is 0 Å². The second-order valence-corrected chi connectivity index (χ2v) is 7.78. The lowest BCUT2D eigenvalue weighted by Crippen LogP contribution is -2.53. The van der Waals surface area contributed by atoms with Crippen LogP contribution in [0.25, 0.3) is 0 Å². The quantitative estimate of drug-likeness (QED) is 0.218. The zero-order valence-electron chi connectivity index (χ0n) is 19.2. The summed E-state index contributed by atoms with van der Waals surface area (Å²) in [6.07, 6.45) is 4.92. The maximum absolute atomic E-state index is 12.9. The van der Waals surface area contributed by atoms with E-state index in [9.17, 15) is 19.2 Å². The second kappa shape index (κ2) is 10.6. The van der Waals surface area contributed by atoms with Crippen molar-refractivity contribution in [1.82, 2.24) is 0 Å². The molecule has 0 spiro atoms. The first-order valence-electron chi connectivity index (χ1n) is 10.3. The van der Waals surface area contributed by atoms with Gasteiger partial charge in [0.05, 0.1) is 31.2 Å². The van der Waals surface area contributed by atoms with Crippen LogP contribution >= 0.6 is 0 Å². The van der Waals surface area contributed by atoms with Gasteiger partial charge < -0.3 is 28.1 Å². The van der Waals surface area contributed by atoms with Crippen molar-refractivity contribution >= 4 is 23.7 Å². The Kier molecular flexibility index (Phi) is 8.41. The fourth-order valence-corrected chi connectivity index (χ4v) is 3.54. The van der Waals surface area contributed by atoms with E-state index in [1.165, 1.54) is 26.4 Å². The van der Waals surface area contributed by atoms with Gasteiger partial charge in [0.15, 0.2) is 11.9 Å². The van der Waals surface area contributed by atoms with E-state index in [-0.39, 0.29) is 19.6 Å². The molecule has 0 aromatic carbocycles.